The molecule has 5 rings (SSSR count). The predicted molar refractivity (Wildman–Crippen MR) is 120 cm³/mol. The molecule has 31 heavy (non-hydrogen) atoms. The van der Waals surface area contributed by atoms with Crippen molar-refractivity contribution in [2.24, 2.45) is 0 Å². The summed E-state index contributed by atoms with van der Waals surface area (Å²) in [6.45, 7) is 0. The highest BCUT2D eigenvalue weighted by molar-refractivity contribution is 7.95. The Balaban J connectivity index is 1.89. The van der Waals surface area contributed by atoms with Crippen molar-refractivity contribution in [1.29, 1.82) is 0 Å². The van der Waals surface area contributed by atoms with E-state index in [0.717, 1.165) is 28.0 Å². The minimum absolute atomic E-state index is 0.0797. The molecule has 0 N–H and O–H groups in total. The first kappa shape index (κ1) is 19.6. The van der Waals surface area contributed by atoms with Crippen LogP contribution in [0.15, 0.2) is 103 Å². The van der Waals surface area contributed by atoms with Crippen molar-refractivity contribution in [3.63, 3.8) is 0 Å². The summed E-state index contributed by atoms with van der Waals surface area (Å²) in [6.07, 6.45) is 0. The van der Waals surface area contributed by atoms with E-state index in [9.17, 15) is 13.6 Å². The Bertz CT molecular complexity index is 1150. The first-order valence-corrected chi connectivity index (χ1v) is 11.7. The lowest BCUT2D eigenvalue weighted by Gasteiger charge is -2.31. The van der Waals surface area contributed by atoms with Gasteiger partial charge in [0.15, 0.2) is 18.9 Å². The molecule has 2 nitrogen and oxygen atoms in total. The second-order valence-electron chi connectivity index (χ2n) is 7.34. The topological polar surface area (TPSA) is 26.3 Å². The van der Waals surface area contributed by atoms with E-state index < -0.39 is 30.7 Å². The second-order valence-corrected chi connectivity index (χ2v) is 10.8. The lowest BCUT2D eigenvalue weighted by Crippen LogP contribution is -2.35. The summed E-state index contributed by atoms with van der Waals surface area (Å²) in [5, 5.41) is 2.97. The van der Waals surface area contributed by atoms with Gasteiger partial charge in [-0.25, -0.2) is 13.6 Å². The molecule has 0 amide bonds. The van der Waals surface area contributed by atoms with Crippen molar-refractivity contribution in [3.05, 3.63) is 126 Å². The molecule has 1 unspecified atom stereocenters. The quantitative estimate of drug-likeness (QED) is 0.331. The number of fused-ring (bicyclic) bond motifs is 1. The van der Waals surface area contributed by atoms with Crippen LogP contribution < -0.4 is 15.9 Å². The summed E-state index contributed by atoms with van der Waals surface area (Å²) in [5.41, 5.74) is 0.463. The van der Waals surface area contributed by atoms with Crippen LogP contribution in [-0.4, -0.2) is 5.97 Å². The molecule has 1 atom stereocenters. The van der Waals surface area contributed by atoms with Crippen molar-refractivity contribution in [2.75, 3.05) is 0 Å². The molecule has 0 bridgehead atoms. The van der Waals surface area contributed by atoms with Crippen LogP contribution in [0, 0.1) is 11.6 Å². The predicted octanol–water partition coefficient (Wildman–Crippen LogP) is 5.13. The highest BCUT2D eigenvalue weighted by Gasteiger charge is 2.59. The molecule has 4 aromatic carbocycles. The smallest absolute Gasteiger partial charge is 0.342 e. The number of carbonyl (C=O) groups excluding carboxylic acids is 1. The Morgan fingerprint density at radius 1 is 0.645 bits per heavy atom. The van der Waals surface area contributed by atoms with Gasteiger partial charge in [-0.2, -0.15) is 0 Å². The molecule has 5 heteroatoms. The van der Waals surface area contributed by atoms with Crippen LogP contribution in [-0.2, 0) is 4.74 Å². The fourth-order valence-electron chi connectivity index (χ4n) is 4.30. The zero-order chi connectivity index (χ0) is 21.4. The molecule has 0 aliphatic carbocycles. The van der Waals surface area contributed by atoms with E-state index in [2.05, 4.69) is 0 Å². The first-order chi connectivity index (χ1) is 15.1. The molecular formula is C26H18F2O2P+. The highest BCUT2D eigenvalue weighted by atomic mass is 31.2. The monoisotopic (exact) mass is 431 g/mol. The number of rotatable bonds is 4. The zero-order valence-corrected chi connectivity index (χ0v) is 17.3. The van der Waals surface area contributed by atoms with Gasteiger partial charge in [0.25, 0.3) is 0 Å². The number of hydrogen-bond donors (Lipinski definition) is 0. The maximum atomic E-state index is 14.3. The molecule has 1 heterocycles. The molecular weight excluding hydrogens is 413 g/mol. The fourth-order valence-corrected chi connectivity index (χ4v) is 8.82. The van der Waals surface area contributed by atoms with Gasteiger partial charge >= 0.3 is 5.97 Å². The Hall–Kier alpha value is -3.36. The molecule has 0 radical (unpaired) electrons. The largest absolute Gasteiger partial charge is 0.418 e. The third kappa shape index (κ3) is 3.07. The summed E-state index contributed by atoms with van der Waals surface area (Å²) in [6, 6.07) is 31.6. The van der Waals surface area contributed by atoms with Crippen molar-refractivity contribution >= 4 is 29.1 Å². The maximum absolute atomic E-state index is 14.3. The maximum Gasteiger partial charge on any atom is 0.342 e. The van der Waals surface area contributed by atoms with E-state index in [1.807, 2.05) is 91.0 Å². The van der Waals surface area contributed by atoms with Crippen molar-refractivity contribution in [2.45, 2.75) is 5.85 Å². The number of benzene rings is 4. The Kier molecular flexibility index (Phi) is 4.88. The number of ether oxygens (including phenoxy) is 1. The van der Waals surface area contributed by atoms with E-state index in [0.29, 0.717) is 5.56 Å². The van der Waals surface area contributed by atoms with E-state index in [4.69, 9.17) is 4.74 Å². The van der Waals surface area contributed by atoms with Gasteiger partial charge in [0, 0.05) is 0 Å². The molecule has 4 aromatic rings. The van der Waals surface area contributed by atoms with Gasteiger partial charge in [0.05, 0.1) is 11.1 Å². The van der Waals surface area contributed by atoms with Crippen LogP contribution >= 0.6 is 7.26 Å². The third-order valence-corrected chi connectivity index (χ3v) is 10.1. The molecule has 1 aliphatic heterocycles. The molecule has 0 spiro atoms. The molecule has 0 aromatic heterocycles. The van der Waals surface area contributed by atoms with Crippen LogP contribution in [0.2, 0.25) is 0 Å². The standard InChI is InChI=1S/C26H18F2O2P/c27-23-16-21-22(17-24(23)28)26(30-25(21)29)31(18-10-4-1-5-11-18,19-12-6-2-7-13-19)20-14-8-3-9-15-20/h1-17,26H/q+1. The number of halogens is 2. The van der Waals surface area contributed by atoms with Gasteiger partial charge in [-0.3, -0.25) is 0 Å². The number of carbonyl (C=O) groups is 1. The van der Waals surface area contributed by atoms with Crippen molar-refractivity contribution in [3.8, 4) is 0 Å². The molecule has 0 saturated heterocycles. The minimum Gasteiger partial charge on any atom is -0.418 e. The van der Waals surface area contributed by atoms with Crippen LogP contribution in [0.1, 0.15) is 21.8 Å². The molecule has 0 fully saturated rings. The average molecular weight is 431 g/mol. The second kappa shape index (κ2) is 7.72. The highest BCUT2D eigenvalue weighted by Crippen LogP contribution is 2.69. The van der Waals surface area contributed by atoms with E-state index in [1.165, 1.54) is 0 Å². The van der Waals surface area contributed by atoms with E-state index in [1.54, 1.807) is 0 Å². The van der Waals surface area contributed by atoms with Gasteiger partial charge in [-0.1, -0.05) is 54.6 Å². The van der Waals surface area contributed by atoms with E-state index >= 15 is 0 Å². The van der Waals surface area contributed by atoms with E-state index in [-0.39, 0.29) is 5.56 Å². The SMILES string of the molecule is O=C1OC([P+](c2ccccc2)(c2ccccc2)c2ccccc2)c2cc(F)c(F)cc21. The van der Waals surface area contributed by atoms with Crippen LogP contribution in [0.25, 0.3) is 0 Å². The van der Waals surface area contributed by atoms with Gasteiger partial charge in [0.2, 0.25) is 5.85 Å². The van der Waals surface area contributed by atoms with Crippen LogP contribution in [0.5, 0.6) is 0 Å². The van der Waals surface area contributed by atoms with Crippen LogP contribution in [0.4, 0.5) is 8.78 Å². The minimum atomic E-state index is -2.64. The summed E-state index contributed by atoms with van der Waals surface area (Å²) in [5.74, 6) is -3.45. The molecule has 152 valence electrons. The van der Waals surface area contributed by atoms with Gasteiger partial charge in [0.1, 0.15) is 15.9 Å². The lowest BCUT2D eigenvalue weighted by atomic mass is 10.1. The average Bonchev–Trinajstić information content (AvgIpc) is 3.12. The first-order valence-electron chi connectivity index (χ1n) is 9.88. The van der Waals surface area contributed by atoms with Crippen LogP contribution in [0.3, 0.4) is 0 Å². The van der Waals surface area contributed by atoms with Gasteiger partial charge < -0.3 is 4.74 Å². The summed E-state index contributed by atoms with van der Waals surface area (Å²) >= 11 is 0. The zero-order valence-electron chi connectivity index (χ0n) is 16.4. The Morgan fingerprint density at radius 3 is 1.52 bits per heavy atom. The van der Waals surface area contributed by atoms with Crippen molar-refractivity contribution < 1.29 is 18.3 Å². The van der Waals surface area contributed by atoms with Gasteiger partial charge in [-0.15, -0.1) is 0 Å². The number of hydrogen-bond acceptors (Lipinski definition) is 2. The summed E-state index contributed by atoms with van der Waals surface area (Å²) < 4.78 is 34.3. The number of cyclic esters (lactones) is 1. The molecule has 0 saturated carbocycles. The third-order valence-electron chi connectivity index (χ3n) is 5.64. The summed E-state index contributed by atoms with van der Waals surface area (Å²) in [4.78, 5) is 12.8. The summed E-state index contributed by atoms with van der Waals surface area (Å²) in [7, 11) is -2.64. The number of esters is 1. The normalized spacial score (nSPS) is 15.4. The van der Waals surface area contributed by atoms with Crippen molar-refractivity contribution in [1.82, 2.24) is 0 Å². The van der Waals surface area contributed by atoms with Gasteiger partial charge in [-0.05, 0) is 48.5 Å². The Labute approximate surface area is 179 Å². The molecule has 1 aliphatic rings. The Morgan fingerprint density at radius 2 is 1.06 bits per heavy atom. The lowest BCUT2D eigenvalue weighted by molar-refractivity contribution is 0.0514. The fraction of sp³-hybridized carbons (Fsp3) is 0.0385.